The number of nitrogens with zero attached hydrogens (tertiary/aromatic N) is 5. The van der Waals surface area contributed by atoms with Crippen molar-refractivity contribution >= 4 is 42.7 Å². The summed E-state index contributed by atoms with van der Waals surface area (Å²) in [6, 6.07) is 7.81. The zero-order chi connectivity index (χ0) is 11.2. The van der Waals surface area contributed by atoms with Crippen LogP contribution < -0.4 is 0 Å². The average Bonchev–Trinajstić information content (AvgIpc) is 2.87. The highest BCUT2D eigenvalue weighted by molar-refractivity contribution is 7.26. The van der Waals surface area contributed by atoms with Crippen molar-refractivity contribution in [2.24, 2.45) is 0 Å². The molecule has 0 aliphatic heterocycles. The van der Waals surface area contributed by atoms with Gasteiger partial charge in [-0.15, -0.1) is 26.6 Å². The van der Waals surface area contributed by atoms with Crippen molar-refractivity contribution in [3.63, 3.8) is 0 Å². The minimum absolute atomic E-state index is 0.821. The molecule has 0 spiro atoms. The third kappa shape index (κ3) is 1.15. The molecule has 0 N–H and O–H groups in total. The van der Waals surface area contributed by atoms with E-state index in [1.54, 1.807) is 17.5 Å². The second kappa shape index (κ2) is 3.14. The first kappa shape index (κ1) is 8.89. The Morgan fingerprint density at radius 1 is 0.941 bits per heavy atom. The van der Waals surface area contributed by atoms with Gasteiger partial charge in [0.05, 0.1) is 9.40 Å². The van der Waals surface area contributed by atoms with Gasteiger partial charge < -0.3 is 0 Å². The van der Waals surface area contributed by atoms with Crippen molar-refractivity contribution in [3.8, 4) is 0 Å². The molecule has 0 unspecified atom stereocenters. The maximum absolute atomic E-state index is 4.21. The van der Waals surface area contributed by atoms with Gasteiger partial charge in [0.25, 0.3) is 0 Å². The van der Waals surface area contributed by atoms with E-state index in [1.165, 1.54) is 0 Å². The van der Waals surface area contributed by atoms with Gasteiger partial charge in [0.2, 0.25) is 0 Å². The van der Waals surface area contributed by atoms with Crippen molar-refractivity contribution in [1.82, 2.24) is 25.6 Å². The Kier molecular flexibility index (Phi) is 1.64. The quantitative estimate of drug-likeness (QED) is 0.470. The number of hydrogen-bond acceptors (Lipinski definition) is 6. The fourth-order valence-corrected chi connectivity index (χ4v) is 3.04. The summed E-state index contributed by atoms with van der Waals surface area (Å²) in [5, 5.41) is 21.0. The van der Waals surface area contributed by atoms with Crippen molar-refractivity contribution < 1.29 is 0 Å². The fourth-order valence-electron chi connectivity index (χ4n) is 1.91. The standard InChI is InChI=1S/C11H5N5S/c1-2-8-9(14-12-5-1)6-3-4-7-10(11(6)17-8)15-16-13-7/h1-5H. The highest BCUT2D eigenvalue weighted by Crippen LogP contribution is 2.35. The van der Waals surface area contributed by atoms with Crippen LogP contribution in [0.1, 0.15) is 0 Å². The van der Waals surface area contributed by atoms with Crippen LogP contribution in [0.4, 0.5) is 0 Å². The van der Waals surface area contributed by atoms with Gasteiger partial charge in [-0.3, -0.25) is 0 Å². The lowest BCUT2D eigenvalue weighted by Crippen LogP contribution is -1.73. The zero-order valence-electron chi connectivity index (χ0n) is 8.53. The first-order valence-electron chi connectivity index (χ1n) is 5.05. The van der Waals surface area contributed by atoms with Gasteiger partial charge in [-0.2, -0.15) is 5.10 Å². The molecule has 0 atom stereocenters. The summed E-state index contributed by atoms with van der Waals surface area (Å²) in [5.41, 5.74) is 2.56. The third-order valence-corrected chi connectivity index (χ3v) is 3.83. The van der Waals surface area contributed by atoms with Crippen molar-refractivity contribution in [2.45, 2.75) is 0 Å². The average molecular weight is 239 g/mol. The largest absolute Gasteiger partial charge is 0.158 e. The van der Waals surface area contributed by atoms with Crippen molar-refractivity contribution in [3.05, 3.63) is 30.5 Å². The van der Waals surface area contributed by atoms with Gasteiger partial charge >= 0.3 is 0 Å². The van der Waals surface area contributed by atoms with E-state index in [9.17, 15) is 0 Å². The molecule has 0 saturated carbocycles. The minimum Gasteiger partial charge on any atom is -0.158 e. The van der Waals surface area contributed by atoms with Crippen LogP contribution in [0, 0.1) is 0 Å². The predicted molar refractivity (Wildman–Crippen MR) is 65.8 cm³/mol. The summed E-state index contributed by atoms with van der Waals surface area (Å²) in [6.45, 7) is 0. The Morgan fingerprint density at radius 2 is 1.94 bits per heavy atom. The molecule has 0 saturated heterocycles. The normalized spacial score (nSPS) is 11.5. The van der Waals surface area contributed by atoms with Crippen LogP contribution in [0.5, 0.6) is 0 Å². The summed E-state index contributed by atoms with van der Waals surface area (Å²) >= 11 is 1.64. The number of thiophene rings is 1. The lowest BCUT2D eigenvalue weighted by Gasteiger charge is -1.88. The Hall–Kier alpha value is -2.21. The number of rotatable bonds is 0. The van der Waals surface area contributed by atoms with E-state index < -0.39 is 0 Å². The van der Waals surface area contributed by atoms with Gasteiger partial charge in [0, 0.05) is 11.6 Å². The molecule has 4 aromatic rings. The number of aromatic nitrogens is 5. The molecule has 0 aliphatic rings. The Balaban J connectivity index is 2.35. The summed E-state index contributed by atoms with van der Waals surface area (Å²) in [5.74, 6) is 0. The molecule has 0 amide bonds. The summed E-state index contributed by atoms with van der Waals surface area (Å²) in [7, 11) is 0. The fraction of sp³-hybridized carbons (Fsp3) is 0. The van der Waals surface area contributed by atoms with E-state index in [0.717, 1.165) is 31.3 Å². The first-order chi connectivity index (χ1) is 8.43. The molecule has 6 heteroatoms. The predicted octanol–water partition coefficient (Wildman–Crippen LogP) is 2.18. The Morgan fingerprint density at radius 3 is 2.94 bits per heavy atom. The van der Waals surface area contributed by atoms with Crippen LogP contribution in [-0.4, -0.2) is 25.6 Å². The highest BCUT2D eigenvalue weighted by atomic mass is 32.1. The molecule has 17 heavy (non-hydrogen) atoms. The highest BCUT2D eigenvalue weighted by Gasteiger charge is 2.11. The van der Waals surface area contributed by atoms with Crippen LogP contribution in [0.3, 0.4) is 0 Å². The van der Waals surface area contributed by atoms with Crippen LogP contribution in [0.25, 0.3) is 31.3 Å². The lowest BCUT2D eigenvalue weighted by molar-refractivity contribution is 0.960. The van der Waals surface area contributed by atoms with E-state index >= 15 is 0 Å². The summed E-state index contributed by atoms with van der Waals surface area (Å²) in [4.78, 5) is 0. The molecule has 80 valence electrons. The molecule has 3 heterocycles. The van der Waals surface area contributed by atoms with Gasteiger partial charge in [0.15, 0.2) is 0 Å². The van der Waals surface area contributed by atoms with Crippen LogP contribution >= 0.6 is 11.3 Å². The summed E-state index contributed by atoms with van der Waals surface area (Å²) in [6.07, 6.45) is 1.68. The molecule has 0 aliphatic carbocycles. The van der Waals surface area contributed by atoms with Gasteiger partial charge in [-0.05, 0) is 29.5 Å². The Labute approximate surface area is 99.1 Å². The van der Waals surface area contributed by atoms with E-state index in [-0.39, 0.29) is 0 Å². The summed E-state index contributed by atoms with van der Waals surface area (Å²) < 4.78 is 2.16. The molecule has 0 fully saturated rings. The van der Waals surface area contributed by atoms with E-state index in [4.69, 9.17) is 0 Å². The van der Waals surface area contributed by atoms with Crippen LogP contribution in [0.15, 0.2) is 30.5 Å². The second-order valence-electron chi connectivity index (χ2n) is 3.64. The first-order valence-corrected chi connectivity index (χ1v) is 5.87. The van der Waals surface area contributed by atoms with E-state index in [2.05, 4.69) is 25.6 Å². The van der Waals surface area contributed by atoms with Crippen molar-refractivity contribution in [2.75, 3.05) is 0 Å². The van der Waals surface area contributed by atoms with Crippen molar-refractivity contribution in [1.29, 1.82) is 0 Å². The number of hydrogen-bond donors (Lipinski definition) is 0. The minimum atomic E-state index is 0.821. The topological polar surface area (TPSA) is 64.5 Å². The SMILES string of the molecule is c1cnnc2c(c1)sc1c2ccc2nnnc21. The third-order valence-electron chi connectivity index (χ3n) is 2.67. The molecular weight excluding hydrogens is 234 g/mol. The van der Waals surface area contributed by atoms with Gasteiger partial charge in [0.1, 0.15) is 16.6 Å². The van der Waals surface area contributed by atoms with Crippen LogP contribution in [-0.2, 0) is 0 Å². The molecule has 0 bridgehead atoms. The lowest BCUT2D eigenvalue weighted by atomic mass is 10.2. The molecule has 5 nitrogen and oxygen atoms in total. The maximum atomic E-state index is 4.21. The van der Waals surface area contributed by atoms with E-state index in [0.29, 0.717) is 0 Å². The zero-order valence-corrected chi connectivity index (χ0v) is 9.35. The molecular formula is C11H5N5S. The molecule has 0 radical (unpaired) electrons. The van der Waals surface area contributed by atoms with Gasteiger partial charge in [-0.1, -0.05) is 0 Å². The molecule has 4 rings (SSSR count). The number of fused-ring (bicyclic) bond motifs is 5. The second-order valence-corrected chi connectivity index (χ2v) is 4.69. The van der Waals surface area contributed by atoms with E-state index in [1.807, 2.05) is 24.3 Å². The Bertz CT molecular complexity index is 854. The molecule has 3 aromatic heterocycles. The van der Waals surface area contributed by atoms with Gasteiger partial charge in [-0.25, -0.2) is 0 Å². The maximum Gasteiger partial charge on any atom is 0.133 e. The smallest absolute Gasteiger partial charge is 0.133 e. The monoisotopic (exact) mass is 239 g/mol. The number of benzene rings is 1. The van der Waals surface area contributed by atoms with Crippen LogP contribution in [0.2, 0.25) is 0 Å². The molecule has 1 aromatic carbocycles.